The van der Waals surface area contributed by atoms with Crippen LogP contribution in [0.3, 0.4) is 0 Å². The standard InChI is InChI=1S/C24H28N2O3/c1-23(2)13-18-14-24(3,15-23)16-26(18)22(28)20(12-19-10-7-11-29-19)25-21(27)17-8-5-4-6-9-17/h4-12,18H,13-16H2,1-3H3,(H,25,27)/b20-12-/t18-,24-/m0/s1. The third-order valence-electron chi connectivity index (χ3n) is 6.02. The van der Waals surface area contributed by atoms with E-state index >= 15 is 0 Å². The Balaban J connectivity index is 1.62. The molecule has 5 nitrogen and oxygen atoms in total. The second kappa shape index (κ2) is 7.21. The van der Waals surface area contributed by atoms with Crippen LogP contribution in [-0.2, 0) is 4.79 Å². The summed E-state index contributed by atoms with van der Waals surface area (Å²) in [5.41, 5.74) is 1.10. The summed E-state index contributed by atoms with van der Waals surface area (Å²) in [7, 11) is 0. The summed E-state index contributed by atoms with van der Waals surface area (Å²) >= 11 is 0. The van der Waals surface area contributed by atoms with E-state index in [2.05, 4.69) is 26.1 Å². The number of nitrogens with zero attached hydrogens (tertiary/aromatic N) is 1. The van der Waals surface area contributed by atoms with Gasteiger partial charge in [-0.1, -0.05) is 39.0 Å². The molecule has 0 unspecified atom stereocenters. The topological polar surface area (TPSA) is 62.6 Å². The van der Waals surface area contributed by atoms with Gasteiger partial charge in [0, 0.05) is 24.2 Å². The second-order valence-electron chi connectivity index (χ2n) is 9.54. The van der Waals surface area contributed by atoms with Crippen LogP contribution in [-0.4, -0.2) is 29.3 Å². The van der Waals surface area contributed by atoms with E-state index in [1.54, 1.807) is 48.7 Å². The number of fused-ring (bicyclic) bond motifs is 2. The summed E-state index contributed by atoms with van der Waals surface area (Å²) in [5, 5.41) is 2.83. The molecule has 2 bridgehead atoms. The number of furan rings is 1. The number of nitrogens with one attached hydrogen (secondary N) is 1. The van der Waals surface area contributed by atoms with Crippen LogP contribution in [0.25, 0.3) is 6.08 Å². The Bertz CT molecular complexity index is 930. The number of carbonyl (C=O) groups is 2. The fraction of sp³-hybridized carbons (Fsp3) is 0.417. The molecule has 1 saturated carbocycles. The Morgan fingerprint density at radius 2 is 1.86 bits per heavy atom. The number of amides is 2. The minimum Gasteiger partial charge on any atom is -0.465 e. The van der Waals surface area contributed by atoms with E-state index in [4.69, 9.17) is 4.42 Å². The fourth-order valence-electron chi connectivity index (χ4n) is 5.30. The van der Waals surface area contributed by atoms with Crippen molar-refractivity contribution < 1.29 is 14.0 Å². The number of rotatable bonds is 4. The van der Waals surface area contributed by atoms with Crippen molar-refractivity contribution in [2.75, 3.05) is 6.54 Å². The third-order valence-corrected chi connectivity index (χ3v) is 6.02. The molecule has 1 aliphatic carbocycles. The summed E-state index contributed by atoms with van der Waals surface area (Å²) in [6.45, 7) is 7.55. The van der Waals surface area contributed by atoms with Crippen molar-refractivity contribution in [1.82, 2.24) is 10.2 Å². The zero-order valence-corrected chi connectivity index (χ0v) is 17.3. The van der Waals surface area contributed by atoms with Crippen molar-refractivity contribution in [2.45, 2.75) is 46.1 Å². The first-order chi connectivity index (χ1) is 13.7. The molecule has 2 heterocycles. The molecular weight excluding hydrogens is 364 g/mol. The molecule has 29 heavy (non-hydrogen) atoms. The Kier molecular flexibility index (Phi) is 4.85. The lowest BCUT2D eigenvalue weighted by Gasteiger charge is -2.39. The van der Waals surface area contributed by atoms with Crippen molar-refractivity contribution in [3.63, 3.8) is 0 Å². The van der Waals surface area contributed by atoms with Gasteiger partial charge in [0.1, 0.15) is 11.5 Å². The van der Waals surface area contributed by atoms with E-state index in [-0.39, 0.29) is 34.4 Å². The second-order valence-corrected chi connectivity index (χ2v) is 9.54. The van der Waals surface area contributed by atoms with Crippen LogP contribution >= 0.6 is 0 Å². The third kappa shape index (κ3) is 4.14. The molecular formula is C24H28N2O3. The minimum absolute atomic E-state index is 0.126. The van der Waals surface area contributed by atoms with Gasteiger partial charge in [0.25, 0.3) is 11.8 Å². The molecule has 2 aromatic rings. The van der Waals surface area contributed by atoms with Crippen LogP contribution < -0.4 is 5.32 Å². The highest BCUT2D eigenvalue weighted by molar-refractivity contribution is 6.05. The zero-order valence-electron chi connectivity index (χ0n) is 17.3. The van der Waals surface area contributed by atoms with E-state index < -0.39 is 0 Å². The maximum atomic E-state index is 13.5. The SMILES string of the molecule is CC1(C)C[C@H]2C[C@](C)(CN2C(=O)/C(=C/c2ccco2)NC(=O)c2ccccc2)C1. The molecule has 1 aromatic heterocycles. The van der Waals surface area contributed by atoms with E-state index in [0.29, 0.717) is 11.3 Å². The molecule has 1 N–H and O–H groups in total. The maximum Gasteiger partial charge on any atom is 0.270 e. The number of carbonyl (C=O) groups excluding carboxylic acids is 2. The van der Waals surface area contributed by atoms with Crippen LogP contribution in [0.15, 0.2) is 58.8 Å². The average molecular weight is 392 g/mol. The lowest BCUT2D eigenvalue weighted by molar-refractivity contribution is -0.128. The molecule has 4 rings (SSSR count). The molecule has 2 amide bonds. The molecule has 5 heteroatoms. The van der Waals surface area contributed by atoms with Gasteiger partial charge in [-0.2, -0.15) is 0 Å². The lowest BCUT2D eigenvalue weighted by atomic mass is 9.65. The molecule has 0 spiro atoms. The maximum absolute atomic E-state index is 13.5. The average Bonchev–Trinajstić information content (AvgIpc) is 3.25. The summed E-state index contributed by atoms with van der Waals surface area (Å²) in [6.07, 6.45) is 6.28. The van der Waals surface area contributed by atoms with E-state index in [1.807, 2.05) is 11.0 Å². The van der Waals surface area contributed by atoms with Crippen molar-refractivity contribution in [1.29, 1.82) is 0 Å². The van der Waals surface area contributed by atoms with Gasteiger partial charge in [0.2, 0.25) is 0 Å². The van der Waals surface area contributed by atoms with Gasteiger partial charge in [-0.25, -0.2) is 0 Å². The summed E-state index contributed by atoms with van der Waals surface area (Å²) in [5.74, 6) is 0.0954. The molecule has 0 radical (unpaired) electrons. The van der Waals surface area contributed by atoms with Gasteiger partial charge in [-0.3, -0.25) is 9.59 Å². The quantitative estimate of drug-likeness (QED) is 0.781. The van der Waals surface area contributed by atoms with Crippen LogP contribution in [0.5, 0.6) is 0 Å². The molecule has 152 valence electrons. The predicted molar refractivity (Wildman–Crippen MR) is 112 cm³/mol. The van der Waals surface area contributed by atoms with Crippen molar-refractivity contribution in [3.05, 3.63) is 65.7 Å². The fourth-order valence-corrected chi connectivity index (χ4v) is 5.30. The highest BCUT2D eigenvalue weighted by atomic mass is 16.3. The Hall–Kier alpha value is -2.82. The van der Waals surface area contributed by atoms with Crippen LogP contribution in [0.4, 0.5) is 0 Å². The Morgan fingerprint density at radius 1 is 1.10 bits per heavy atom. The van der Waals surface area contributed by atoms with Crippen LogP contribution in [0, 0.1) is 10.8 Å². The van der Waals surface area contributed by atoms with Gasteiger partial charge < -0.3 is 14.6 Å². The van der Waals surface area contributed by atoms with Gasteiger partial charge >= 0.3 is 0 Å². The molecule has 2 fully saturated rings. The Morgan fingerprint density at radius 3 is 2.55 bits per heavy atom. The number of benzene rings is 1. The van der Waals surface area contributed by atoms with Crippen molar-refractivity contribution in [3.8, 4) is 0 Å². The largest absolute Gasteiger partial charge is 0.465 e. The number of likely N-dealkylation sites (tertiary alicyclic amines) is 1. The molecule has 1 aliphatic heterocycles. The first-order valence-corrected chi connectivity index (χ1v) is 10.2. The van der Waals surface area contributed by atoms with Crippen molar-refractivity contribution in [2.24, 2.45) is 10.8 Å². The lowest BCUT2D eigenvalue weighted by Crippen LogP contribution is -2.42. The number of hydrogen-bond acceptors (Lipinski definition) is 3. The Labute approximate surface area is 171 Å². The monoisotopic (exact) mass is 392 g/mol. The van der Waals surface area contributed by atoms with Crippen LogP contribution in [0.1, 0.15) is 56.2 Å². The highest BCUT2D eigenvalue weighted by Crippen LogP contribution is 2.52. The van der Waals surface area contributed by atoms with Crippen LogP contribution in [0.2, 0.25) is 0 Å². The van der Waals surface area contributed by atoms with E-state index in [9.17, 15) is 9.59 Å². The van der Waals surface area contributed by atoms with Crippen molar-refractivity contribution >= 4 is 17.9 Å². The number of hydrogen-bond donors (Lipinski definition) is 1. The van der Waals surface area contributed by atoms with Gasteiger partial charge in [-0.05, 0) is 54.4 Å². The first-order valence-electron chi connectivity index (χ1n) is 10.2. The normalized spacial score (nSPS) is 25.7. The predicted octanol–water partition coefficient (Wildman–Crippen LogP) is 4.48. The molecule has 1 saturated heterocycles. The zero-order chi connectivity index (χ0) is 20.6. The first kappa shape index (κ1) is 19.5. The summed E-state index contributed by atoms with van der Waals surface area (Å²) < 4.78 is 5.41. The summed E-state index contributed by atoms with van der Waals surface area (Å²) in [4.78, 5) is 28.2. The van der Waals surface area contributed by atoms with Gasteiger partial charge in [0.15, 0.2) is 0 Å². The smallest absolute Gasteiger partial charge is 0.270 e. The van der Waals surface area contributed by atoms with E-state index in [0.717, 1.165) is 25.8 Å². The highest BCUT2D eigenvalue weighted by Gasteiger charge is 2.51. The van der Waals surface area contributed by atoms with E-state index in [1.165, 1.54) is 0 Å². The molecule has 2 atom stereocenters. The molecule has 2 aliphatic rings. The minimum atomic E-state index is -0.300. The van der Waals surface area contributed by atoms with Gasteiger partial charge in [-0.15, -0.1) is 0 Å². The molecule has 1 aromatic carbocycles. The summed E-state index contributed by atoms with van der Waals surface area (Å²) in [6, 6.07) is 12.7. The van der Waals surface area contributed by atoms with Gasteiger partial charge in [0.05, 0.1) is 6.26 Å².